The first kappa shape index (κ1) is 12.3. The number of fused-ring (bicyclic) bond motifs is 2. The third-order valence-electron chi connectivity index (χ3n) is 5.07. The number of rotatable bonds is 2. The molecule has 3 fully saturated rings. The second kappa shape index (κ2) is 3.83. The monoisotopic (exact) mass is 294 g/mol. The summed E-state index contributed by atoms with van der Waals surface area (Å²) in [4.78, 5) is 20.8. The van der Waals surface area contributed by atoms with Gasteiger partial charge in [0.2, 0.25) is 5.28 Å². The molecule has 3 aliphatic carbocycles. The van der Waals surface area contributed by atoms with Crippen LogP contribution in [0.3, 0.4) is 0 Å². The minimum atomic E-state index is -0.188. The van der Waals surface area contributed by atoms with Crippen LogP contribution in [0.2, 0.25) is 5.28 Å². The fourth-order valence-corrected chi connectivity index (χ4v) is 4.21. The summed E-state index contributed by atoms with van der Waals surface area (Å²) in [5.74, 6) is 0.828. The molecule has 1 N–H and O–H groups in total. The average molecular weight is 295 g/mol. The Morgan fingerprint density at radius 3 is 2.90 bits per heavy atom. The normalized spacial score (nSPS) is 31.8. The van der Waals surface area contributed by atoms with Gasteiger partial charge >= 0.3 is 5.69 Å². The van der Waals surface area contributed by atoms with E-state index in [4.69, 9.17) is 11.6 Å². The lowest BCUT2D eigenvalue weighted by Crippen LogP contribution is -2.45. The van der Waals surface area contributed by atoms with Gasteiger partial charge in [0.25, 0.3) is 0 Å². The Morgan fingerprint density at radius 1 is 1.50 bits per heavy atom. The lowest BCUT2D eigenvalue weighted by molar-refractivity contribution is 0.134. The van der Waals surface area contributed by atoms with Gasteiger partial charge < -0.3 is 5.11 Å². The van der Waals surface area contributed by atoms with Crippen molar-refractivity contribution in [1.82, 2.24) is 19.1 Å². The zero-order chi connectivity index (χ0) is 14.1. The van der Waals surface area contributed by atoms with Crippen molar-refractivity contribution in [3.05, 3.63) is 22.0 Å². The summed E-state index contributed by atoms with van der Waals surface area (Å²) in [6.07, 6.45) is 4.32. The van der Waals surface area contributed by atoms with Gasteiger partial charge in [-0.3, -0.25) is 9.13 Å². The van der Waals surface area contributed by atoms with Crippen molar-refractivity contribution in [2.75, 3.05) is 6.61 Å². The highest BCUT2D eigenvalue weighted by atomic mass is 35.5. The molecule has 20 heavy (non-hydrogen) atoms. The summed E-state index contributed by atoms with van der Waals surface area (Å²) in [6.45, 7) is 0.196. The summed E-state index contributed by atoms with van der Waals surface area (Å²) in [6, 6.07) is 0. The predicted octanol–water partition coefficient (Wildman–Crippen LogP) is 0.901. The van der Waals surface area contributed by atoms with Gasteiger partial charge in [-0.25, -0.2) is 9.78 Å². The highest BCUT2D eigenvalue weighted by Crippen LogP contribution is 2.59. The van der Waals surface area contributed by atoms with Crippen LogP contribution in [0.15, 0.2) is 11.0 Å². The van der Waals surface area contributed by atoms with Gasteiger partial charge in [-0.2, -0.15) is 4.98 Å². The number of halogens is 1. The minimum absolute atomic E-state index is 0.0754. The number of aliphatic hydroxyl groups excluding tert-OH is 1. The number of aliphatic hydroxyl groups is 1. The van der Waals surface area contributed by atoms with Gasteiger partial charge in [0, 0.05) is 13.7 Å². The van der Waals surface area contributed by atoms with Crippen molar-refractivity contribution in [1.29, 1.82) is 0 Å². The smallest absolute Gasteiger partial charge is 0.330 e. The largest absolute Gasteiger partial charge is 0.396 e. The van der Waals surface area contributed by atoms with Crippen molar-refractivity contribution < 1.29 is 5.11 Å². The van der Waals surface area contributed by atoms with Crippen molar-refractivity contribution in [2.24, 2.45) is 18.9 Å². The summed E-state index contributed by atoms with van der Waals surface area (Å²) < 4.78 is 3.35. The van der Waals surface area contributed by atoms with Crippen molar-refractivity contribution in [3.8, 4) is 0 Å². The zero-order valence-electron chi connectivity index (χ0n) is 11.1. The van der Waals surface area contributed by atoms with Gasteiger partial charge in [0.15, 0.2) is 5.65 Å². The lowest BCUT2D eigenvalue weighted by atomic mass is 9.76. The van der Waals surface area contributed by atoms with E-state index in [-0.39, 0.29) is 23.1 Å². The Hall–Kier alpha value is -1.40. The van der Waals surface area contributed by atoms with E-state index in [9.17, 15) is 9.90 Å². The van der Waals surface area contributed by atoms with E-state index in [1.165, 1.54) is 0 Å². The molecule has 3 aliphatic rings. The van der Waals surface area contributed by atoms with Crippen molar-refractivity contribution >= 4 is 22.8 Å². The maximum absolute atomic E-state index is 12.6. The van der Waals surface area contributed by atoms with E-state index >= 15 is 0 Å². The third-order valence-corrected chi connectivity index (χ3v) is 5.26. The number of nitrogens with zero attached hydrogens (tertiary/aromatic N) is 4. The zero-order valence-corrected chi connectivity index (χ0v) is 11.8. The second-order valence-corrected chi connectivity index (χ2v) is 6.40. The fraction of sp³-hybridized carbons (Fsp3) is 0.615. The molecule has 0 aliphatic heterocycles. The maximum Gasteiger partial charge on any atom is 0.330 e. The number of aryl methyl sites for hydroxylation is 1. The Kier molecular flexibility index (Phi) is 2.36. The molecule has 2 aromatic rings. The molecule has 5 rings (SSSR count). The quantitative estimate of drug-likeness (QED) is 0.835. The summed E-state index contributed by atoms with van der Waals surface area (Å²) >= 11 is 5.89. The van der Waals surface area contributed by atoms with Crippen LogP contribution in [0, 0.1) is 11.8 Å². The molecule has 6 nitrogen and oxygen atoms in total. The molecule has 0 radical (unpaired) electrons. The second-order valence-electron chi connectivity index (χ2n) is 6.06. The fourth-order valence-electron chi connectivity index (χ4n) is 4.08. The molecule has 2 heterocycles. The molecule has 3 saturated carbocycles. The first-order chi connectivity index (χ1) is 9.55. The molecule has 0 spiro atoms. The van der Waals surface area contributed by atoms with Crippen LogP contribution >= 0.6 is 11.6 Å². The summed E-state index contributed by atoms with van der Waals surface area (Å²) in [5, 5.41) is 9.57. The number of hydrogen-bond donors (Lipinski definition) is 1. The molecule has 106 valence electrons. The Morgan fingerprint density at radius 2 is 2.25 bits per heavy atom. The molecule has 0 aromatic carbocycles. The molecule has 0 saturated heterocycles. The Labute approximate surface area is 120 Å². The average Bonchev–Trinajstić information content (AvgIpc) is 2.99. The van der Waals surface area contributed by atoms with E-state index < -0.39 is 0 Å². The van der Waals surface area contributed by atoms with Crippen LogP contribution in [-0.4, -0.2) is 30.8 Å². The number of imidazole rings is 1. The van der Waals surface area contributed by atoms with Gasteiger partial charge in [-0.15, -0.1) is 0 Å². The molecule has 0 amide bonds. The van der Waals surface area contributed by atoms with Crippen molar-refractivity contribution in [2.45, 2.75) is 24.8 Å². The number of hydrogen-bond acceptors (Lipinski definition) is 4. The van der Waals surface area contributed by atoms with E-state index in [2.05, 4.69) is 9.97 Å². The molecular formula is C13H15ClN4O2. The van der Waals surface area contributed by atoms with E-state index in [1.807, 2.05) is 0 Å². The third kappa shape index (κ3) is 1.36. The molecule has 2 bridgehead atoms. The van der Waals surface area contributed by atoms with Crippen LogP contribution in [0.5, 0.6) is 0 Å². The van der Waals surface area contributed by atoms with Gasteiger partial charge in [0.1, 0.15) is 5.52 Å². The van der Waals surface area contributed by atoms with Crippen LogP contribution in [0.4, 0.5) is 0 Å². The van der Waals surface area contributed by atoms with Gasteiger partial charge in [-0.05, 0) is 42.7 Å². The molecule has 2 aromatic heterocycles. The molecule has 7 heteroatoms. The summed E-state index contributed by atoms with van der Waals surface area (Å²) in [5.41, 5.74) is 1.04. The SMILES string of the molecule is Cn1c(=O)n(C23CC(CO)C(C2)C3)c2nc(Cl)ncc21. The van der Waals surface area contributed by atoms with E-state index in [0.29, 0.717) is 23.0 Å². The maximum atomic E-state index is 12.6. The van der Waals surface area contributed by atoms with Crippen LogP contribution < -0.4 is 5.69 Å². The first-order valence-electron chi connectivity index (χ1n) is 6.77. The van der Waals surface area contributed by atoms with E-state index in [1.54, 1.807) is 22.4 Å². The molecular weight excluding hydrogens is 280 g/mol. The Bertz CT molecular complexity index is 760. The van der Waals surface area contributed by atoms with Crippen LogP contribution in [-0.2, 0) is 12.6 Å². The highest BCUT2D eigenvalue weighted by molar-refractivity contribution is 6.28. The summed E-state index contributed by atoms with van der Waals surface area (Å²) in [7, 11) is 1.73. The standard InChI is InChI=1S/C13H15ClN4O2/c1-17-9-5-15-11(14)16-10(9)18(12(17)20)13-2-7(3-13)8(4-13)6-19/h5,7-8,19H,2-4,6H2,1H3. The minimum Gasteiger partial charge on any atom is -0.396 e. The molecule has 1 atom stereocenters. The van der Waals surface area contributed by atoms with E-state index in [0.717, 1.165) is 19.3 Å². The van der Waals surface area contributed by atoms with Gasteiger partial charge in [0.05, 0.1) is 11.7 Å². The molecule has 1 unspecified atom stereocenters. The first-order valence-corrected chi connectivity index (χ1v) is 7.15. The van der Waals surface area contributed by atoms with Crippen molar-refractivity contribution in [3.63, 3.8) is 0 Å². The number of aromatic nitrogens is 4. The van der Waals surface area contributed by atoms with Gasteiger partial charge in [-0.1, -0.05) is 0 Å². The lowest BCUT2D eigenvalue weighted by Gasteiger charge is -2.39. The highest BCUT2D eigenvalue weighted by Gasteiger charge is 2.58. The topological polar surface area (TPSA) is 72.9 Å². The Balaban J connectivity index is 1.95. The predicted molar refractivity (Wildman–Crippen MR) is 73.7 cm³/mol. The van der Waals surface area contributed by atoms with Crippen LogP contribution in [0.25, 0.3) is 11.2 Å². The van der Waals surface area contributed by atoms with Crippen LogP contribution in [0.1, 0.15) is 19.3 Å².